The summed E-state index contributed by atoms with van der Waals surface area (Å²) in [4.78, 5) is 13.5. The Hall–Kier alpha value is -2.24. The SMILES string of the molecule is CCn1cc(OCC(=O)N(C)Cc2ccc(C)o2)cn1. The molecule has 0 atom stereocenters. The molecule has 0 fully saturated rings. The Balaban J connectivity index is 1.81. The summed E-state index contributed by atoms with van der Waals surface area (Å²) in [7, 11) is 1.72. The highest BCUT2D eigenvalue weighted by molar-refractivity contribution is 5.77. The Bertz CT molecular complexity index is 574. The van der Waals surface area contributed by atoms with Crippen LogP contribution < -0.4 is 4.74 Å². The van der Waals surface area contributed by atoms with Crippen molar-refractivity contribution in [3.8, 4) is 5.75 Å². The number of carbonyl (C=O) groups excluding carboxylic acids is 1. The maximum atomic E-state index is 11.9. The molecular weight excluding hydrogens is 258 g/mol. The van der Waals surface area contributed by atoms with Crippen LogP contribution in [0.2, 0.25) is 0 Å². The fourth-order valence-corrected chi connectivity index (χ4v) is 1.74. The minimum atomic E-state index is -0.108. The Labute approximate surface area is 117 Å². The number of hydrogen-bond donors (Lipinski definition) is 0. The third kappa shape index (κ3) is 3.63. The fraction of sp³-hybridized carbons (Fsp3) is 0.429. The van der Waals surface area contributed by atoms with E-state index in [0.29, 0.717) is 12.3 Å². The molecule has 0 unspecified atom stereocenters. The van der Waals surface area contributed by atoms with Gasteiger partial charge in [0.05, 0.1) is 18.9 Å². The van der Waals surface area contributed by atoms with E-state index in [0.717, 1.165) is 18.1 Å². The molecule has 0 aromatic carbocycles. The van der Waals surface area contributed by atoms with Crippen molar-refractivity contribution in [3.05, 3.63) is 36.0 Å². The van der Waals surface area contributed by atoms with Gasteiger partial charge in [0, 0.05) is 13.6 Å². The monoisotopic (exact) mass is 277 g/mol. The number of aromatic nitrogens is 2. The van der Waals surface area contributed by atoms with Crippen LogP contribution in [-0.4, -0.2) is 34.2 Å². The molecule has 0 radical (unpaired) electrons. The van der Waals surface area contributed by atoms with Crippen LogP contribution in [0.25, 0.3) is 0 Å². The number of carbonyl (C=O) groups is 1. The molecule has 0 aliphatic heterocycles. The van der Waals surface area contributed by atoms with E-state index in [1.807, 2.05) is 26.0 Å². The quantitative estimate of drug-likeness (QED) is 0.808. The zero-order valence-corrected chi connectivity index (χ0v) is 12.0. The molecule has 1 amide bonds. The number of nitrogens with zero attached hydrogens (tertiary/aromatic N) is 3. The van der Waals surface area contributed by atoms with E-state index in [-0.39, 0.29) is 12.5 Å². The first kappa shape index (κ1) is 14.2. The van der Waals surface area contributed by atoms with Gasteiger partial charge in [0.1, 0.15) is 11.5 Å². The third-order valence-corrected chi connectivity index (χ3v) is 2.91. The Morgan fingerprint density at radius 2 is 2.30 bits per heavy atom. The van der Waals surface area contributed by atoms with Crippen LogP contribution in [0.15, 0.2) is 28.9 Å². The van der Waals surface area contributed by atoms with Crippen molar-refractivity contribution in [2.45, 2.75) is 26.9 Å². The van der Waals surface area contributed by atoms with Crippen LogP contribution in [0, 0.1) is 6.92 Å². The Morgan fingerprint density at radius 3 is 2.90 bits per heavy atom. The predicted octanol–water partition coefficient (Wildman–Crippen LogP) is 1.84. The van der Waals surface area contributed by atoms with Gasteiger partial charge >= 0.3 is 0 Å². The van der Waals surface area contributed by atoms with Crippen molar-refractivity contribution in [1.29, 1.82) is 0 Å². The van der Waals surface area contributed by atoms with Crippen LogP contribution in [0.4, 0.5) is 0 Å². The lowest BCUT2D eigenvalue weighted by Gasteiger charge is -2.15. The Kier molecular flexibility index (Phi) is 4.45. The van der Waals surface area contributed by atoms with Crippen molar-refractivity contribution in [2.24, 2.45) is 0 Å². The van der Waals surface area contributed by atoms with Crippen LogP contribution in [0.5, 0.6) is 5.75 Å². The molecule has 0 bridgehead atoms. The normalized spacial score (nSPS) is 10.6. The van der Waals surface area contributed by atoms with E-state index < -0.39 is 0 Å². The molecule has 0 saturated carbocycles. The van der Waals surface area contributed by atoms with Gasteiger partial charge in [-0.15, -0.1) is 0 Å². The van der Waals surface area contributed by atoms with Crippen LogP contribution in [0.1, 0.15) is 18.4 Å². The highest BCUT2D eigenvalue weighted by Crippen LogP contribution is 2.10. The summed E-state index contributed by atoms with van der Waals surface area (Å²) in [6.45, 7) is 5.06. The summed E-state index contributed by atoms with van der Waals surface area (Å²) in [5.74, 6) is 2.09. The van der Waals surface area contributed by atoms with E-state index in [1.54, 1.807) is 29.0 Å². The maximum absolute atomic E-state index is 11.9. The molecule has 2 aromatic rings. The molecule has 0 aliphatic carbocycles. The highest BCUT2D eigenvalue weighted by Gasteiger charge is 2.12. The van der Waals surface area contributed by atoms with Crippen LogP contribution >= 0.6 is 0 Å². The van der Waals surface area contributed by atoms with E-state index in [9.17, 15) is 4.79 Å². The highest BCUT2D eigenvalue weighted by atomic mass is 16.5. The van der Waals surface area contributed by atoms with E-state index >= 15 is 0 Å². The fourth-order valence-electron chi connectivity index (χ4n) is 1.74. The third-order valence-electron chi connectivity index (χ3n) is 2.91. The largest absolute Gasteiger partial charge is 0.480 e. The number of likely N-dealkylation sites (N-methyl/N-ethyl adjacent to an activating group) is 1. The topological polar surface area (TPSA) is 60.5 Å². The van der Waals surface area contributed by atoms with Crippen molar-refractivity contribution in [2.75, 3.05) is 13.7 Å². The van der Waals surface area contributed by atoms with Gasteiger partial charge in [0.2, 0.25) is 0 Å². The molecule has 20 heavy (non-hydrogen) atoms. The Morgan fingerprint density at radius 1 is 1.50 bits per heavy atom. The number of rotatable bonds is 6. The van der Waals surface area contributed by atoms with E-state index in [1.165, 1.54) is 0 Å². The molecule has 6 nitrogen and oxygen atoms in total. The zero-order chi connectivity index (χ0) is 14.5. The minimum absolute atomic E-state index is 0.00833. The molecule has 2 heterocycles. The van der Waals surface area contributed by atoms with Gasteiger partial charge in [-0.3, -0.25) is 9.48 Å². The summed E-state index contributed by atoms with van der Waals surface area (Å²) >= 11 is 0. The number of aryl methyl sites for hydroxylation is 2. The first-order chi connectivity index (χ1) is 9.58. The lowest BCUT2D eigenvalue weighted by atomic mass is 10.4. The molecule has 2 aromatic heterocycles. The summed E-state index contributed by atoms with van der Waals surface area (Å²) in [5, 5.41) is 4.08. The van der Waals surface area contributed by atoms with Gasteiger partial charge in [-0.05, 0) is 26.0 Å². The maximum Gasteiger partial charge on any atom is 0.260 e. The number of furan rings is 1. The van der Waals surface area contributed by atoms with Crippen LogP contribution in [0.3, 0.4) is 0 Å². The molecule has 2 rings (SSSR count). The number of hydrogen-bond acceptors (Lipinski definition) is 4. The van der Waals surface area contributed by atoms with E-state index in [4.69, 9.17) is 9.15 Å². The molecule has 0 aliphatic rings. The molecule has 0 saturated heterocycles. The molecule has 108 valence electrons. The zero-order valence-electron chi connectivity index (χ0n) is 12.0. The molecule has 0 N–H and O–H groups in total. The summed E-state index contributed by atoms with van der Waals surface area (Å²) in [6.07, 6.45) is 3.37. The summed E-state index contributed by atoms with van der Waals surface area (Å²) in [5.41, 5.74) is 0. The van der Waals surface area contributed by atoms with Crippen molar-refractivity contribution >= 4 is 5.91 Å². The summed E-state index contributed by atoms with van der Waals surface area (Å²) in [6, 6.07) is 3.74. The van der Waals surface area contributed by atoms with Crippen molar-refractivity contribution in [3.63, 3.8) is 0 Å². The van der Waals surface area contributed by atoms with Gasteiger partial charge < -0.3 is 14.1 Å². The smallest absolute Gasteiger partial charge is 0.260 e. The average Bonchev–Trinajstić information content (AvgIpc) is 3.04. The van der Waals surface area contributed by atoms with Gasteiger partial charge in [-0.1, -0.05) is 0 Å². The lowest BCUT2D eigenvalue weighted by Crippen LogP contribution is -2.30. The van der Waals surface area contributed by atoms with Gasteiger partial charge in [-0.25, -0.2) is 0 Å². The molecule has 6 heteroatoms. The second-order valence-electron chi connectivity index (χ2n) is 4.58. The standard InChI is InChI=1S/C14H19N3O3/c1-4-17-9-13(7-15-17)19-10-14(18)16(3)8-12-6-5-11(2)20-12/h5-7,9H,4,8,10H2,1-3H3. The lowest BCUT2D eigenvalue weighted by molar-refractivity contribution is -0.132. The number of amides is 1. The molecule has 0 spiro atoms. The average molecular weight is 277 g/mol. The number of ether oxygens (including phenoxy) is 1. The van der Waals surface area contributed by atoms with Crippen molar-refractivity contribution in [1.82, 2.24) is 14.7 Å². The summed E-state index contributed by atoms with van der Waals surface area (Å²) < 4.78 is 12.6. The van der Waals surface area contributed by atoms with Gasteiger partial charge in [0.15, 0.2) is 12.4 Å². The van der Waals surface area contributed by atoms with Gasteiger partial charge in [-0.2, -0.15) is 5.10 Å². The van der Waals surface area contributed by atoms with Crippen molar-refractivity contribution < 1.29 is 13.9 Å². The second kappa shape index (κ2) is 6.27. The molecular formula is C14H19N3O3. The minimum Gasteiger partial charge on any atom is -0.480 e. The first-order valence-electron chi connectivity index (χ1n) is 6.53. The predicted molar refractivity (Wildman–Crippen MR) is 73.3 cm³/mol. The van der Waals surface area contributed by atoms with E-state index in [2.05, 4.69) is 5.10 Å². The first-order valence-corrected chi connectivity index (χ1v) is 6.53. The van der Waals surface area contributed by atoms with Crippen LogP contribution in [-0.2, 0) is 17.9 Å². The van der Waals surface area contributed by atoms with Gasteiger partial charge in [0.25, 0.3) is 5.91 Å². The second-order valence-corrected chi connectivity index (χ2v) is 4.58.